The maximum atomic E-state index is 11.6. The van der Waals surface area contributed by atoms with Crippen LogP contribution in [-0.2, 0) is 14.3 Å². The van der Waals surface area contributed by atoms with Crippen molar-refractivity contribution >= 4 is 23.5 Å². The Morgan fingerprint density at radius 1 is 1.45 bits per heavy atom. The molecule has 1 amide bonds. The van der Waals surface area contributed by atoms with Gasteiger partial charge in [-0.25, -0.2) is 4.79 Å². The van der Waals surface area contributed by atoms with Crippen LogP contribution >= 0.6 is 11.6 Å². The highest BCUT2D eigenvalue weighted by Gasteiger charge is 2.19. The van der Waals surface area contributed by atoms with Crippen LogP contribution in [0.15, 0.2) is 24.3 Å². The number of carbonyl (C=O) groups excluding carboxylic acids is 1. The van der Waals surface area contributed by atoms with Gasteiger partial charge in [0.05, 0.1) is 0 Å². The second-order valence-electron chi connectivity index (χ2n) is 3.99. The molecule has 0 bridgehead atoms. The molecule has 1 aromatic rings. The molecule has 0 fully saturated rings. The Bertz CT molecular complexity index is 466. The smallest absolute Gasteiger partial charge is 0.326 e. The van der Waals surface area contributed by atoms with E-state index in [1.807, 2.05) is 0 Å². The summed E-state index contributed by atoms with van der Waals surface area (Å²) >= 11 is 5.77. The predicted octanol–water partition coefficient (Wildman–Crippen LogP) is 1.32. The number of benzene rings is 1. The number of ether oxygens (including phenoxy) is 2. The fourth-order valence-corrected chi connectivity index (χ4v) is 1.62. The van der Waals surface area contributed by atoms with E-state index in [1.165, 1.54) is 7.11 Å². The number of carboxylic acid groups (broad SMARTS) is 1. The molecule has 0 aliphatic heterocycles. The van der Waals surface area contributed by atoms with Crippen molar-refractivity contribution in [2.24, 2.45) is 0 Å². The third kappa shape index (κ3) is 5.90. The lowest BCUT2D eigenvalue weighted by atomic mass is 10.2. The largest absolute Gasteiger partial charge is 0.484 e. The van der Waals surface area contributed by atoms with Gasteiger partial charge in [-0.1, -0.05) is 17.7 Å². The van der Waals surface area contributed by atoms with E-state index in [9.17, 15) is 9.59 Å². The Morgan fingerprint density at radius 2 is 2.20 bits per heavy atom. The average molecular weight is 302 g/mol. The summed E-state index contributed by atoms with van der Waals surface area (Å²) < 4.78 is 10.00. The first-order chi connectivity index (χ1) is 9.52. The zero-order chi connectivity index (χ0) is 15.0. The summed E-state index contributed by atoms with van der Waals surface area (Å²) in [7, 11) is 1.46. The fraction of sp³-hybridized carbons (Fsp3) is 0.385. The minimum atomic E-state index is -1.11. The Labute approximate surface area is 121 Å². The van der Waals surface area contributed by atoms with Crippen LogP contribution in [-0.4, -0.2) is 43.3 Å². The number of nitrogens with one attached hydrogen (secondary N) is 1. The van der Waals surface area contributed by atoms with E-state index in [0.29, 0.717) is 10.8 Å². The molecule has 1 atom stereocenters. The van der Waals surface area contributed by atoms with Crippen molar-refractivity contribution in [2.45, 2.75) is 12.5 Å². The molecule has 0 radical (unpaired) electrons. The molecule has 0 aromatic heterocycles. The minimum Gasteiger partial charge on any atom is -0.484 e. The summed E-state index contributed by atoms with van der Waals surface area (Å²) in [6.07, 6.45) is 0.189. The molecule has 1 unspecified atom stereocenters. The van der Waals surface area contributed by atoms with Gasteiger partial charge < -0.3 is 19.9 Å². The molecule has 20 heavy (non-hydrogen) atoms. The molecule has 0 saturated carbocycles. The number of carbonyl (C=O) groups is 2. The van der Waals surface area contributed by atoms with Crippen molar-refractivity contribution in [2.75, 3.05) is 20.3 Å². The van der Waals surface area contributed by atoms with Gasteiger partial charge in [0.15, 0.2) is 6.61 Å². The second kappa shape index (κ2) is 8.39. The lowest BCUT2D eigenvalue weighted by Crippen LogP contribution is -2.43. The number of methoxy groups -OCH3 is 1. The zero-order valence-corrected chi connectivity index (χ0v) is 11.7. The molecule has 0 saturated heterocycles. The highest BCUT2D eigenvalue weighted by atomic mass is 35.5. The summed E-state index contributed by atoms with van der Waals surface area (Å²) in [6, 6.07) is 5.59. The van der Waals surface area contributed by atoms with Crippen molar-refractivity contribution in [3.8, 4) is 5.75 Å². The topological polar surface area (TPSA) is 84.9 Å². The van der Waals surface area contributed by atoms with Crippen molar-refractivity contribution in [1.29, 1.82) is 0 Å². The number of aliphatic carboxylic acids is 1. The molecule has 0 spiro atoms. The van der Waals surface area contributed by atoms with Crippen LogP contribution in [0.2, 0.25) is 5.02 Å². The van der Waals surface area contributed by atoms with Gasteiger partial charge >= 0.3 is 5.97 Å². The van der Waals surface area contributed by atoms with Gasteiger partial charge in [0, 0.05) is 25.2 Å². The molecule has 2 N–H and O–H groups in total. The Morgan fingerprint density at radius 3 is 2.80 bits per heavy atom. The van der Waals surface area contributed by atoms with Crippen LogP contribution in [0.1, 0.15) is 6.42 Å². The quantitative estimate of drug-likeness (QED) is 0.756. The lowest BCUT2D eigenvalue weighted by Gasteiger charge is -2.14. The third-order valence-electron chi connectivity index (χ3n) is 2.41. The number of hydrogen-bond acceptors (Lipinski definition) is 4. The molecule has 0 heterocycles. The monoisotopic (exact) mass is 301 g/mol. The fourth-order valence-electron chi connectivity index (χ4n) is 1.43. The Kier molecular flexibility index (Phi) is 6.83. The molecule has 1 aromatic carbocycles. The standard InChI is InChI=1S/C13H16ClNO5/c1-19-6-5-11(13(17)18)15-12(16)8-20-10-4-2-3-9(14)7-10/h2-4,7,11H,5-6,8H2,1H3,(H,15,16)(H,17,18). The zero-order valence-electron chi connectivity index (χ0n) is 11.0. The van der Waals surface area contributed by atoms with E-state index in [2.05, 4.69) is 5.32 Å². The number of hydrogen-bond donors (Lipinski definition) is 2. The summed E-state index contributed by atoms with van der Waals surface area (Å²) in [5, 5.41) is 11.8. The van der Waals surface area contributed by atoms with Crippen molar-refractivity contribution in [3.05, 3.63) is 29.3 Å². The van der Waals surface area contributed by atoms with Gasteiger partial charge in [0.25, 0.3) is 5.91 Å². The first-order valence-corrected chi connectivity index (χ1v) is 6.30. The van der Waals surface area contributed by atoms with E-state index < -0.39 is 17.9 Å². The van der Waals surface area contributed by atoms with Crippen LogP contribution < -0.4 is 10.1 Å². The molecule has 7 heteroatoms. The van der Waals surface area contributed by atoms with E-state index in [1.54, 1.807) is 24.3 Å². The molecule has 6 nitrogen and oxygen atoms in total. The first kappa shape index (κ1) is 16.3. The van der Waals surface area contributed by atoms with Gasteiger partial charge in [0.1, 0.15) is 11.8 Å². The highest BCUT2D eigenvalue weighted by Crippen LogP contribution is 2.16. The Hall–Kier alpha value is -1.79. The Balaban J connectivity index is 2.43. The normalized spacial score (nSPS) is 11.7. The number of amides is 1. The van der Waals surface area contributed by atoms with E-state index >= 15 is 0 Å². The van der Waals surface area contributed by atoms with Crippen molar-refractivity contribution < 1.29 is 24.2 Å². The maximum absolute atomic E-state index is 11.6. The molecular weight excluding hydrogens is 286 g/mol. The van der Waals surface area contributed by atoms with Crippen LogP contribution in [0.4, 0.5) is 0 Å². The molecule has 0 aliphatic carbocycles. The van der Waals surface area contributed by atoms with Crippen LogP contribution in [0.25, 0.3) is 0 Å². The molecular formula is C13H16ClNO5. The third-order valence-corrected chi connectivity index (χ3v) is 2.65. The summed E-state index contributed by atoms with van der Waals surface area (Å²) in [5.74, 6) is -1.19. The first-order valence-electron chi connectivity index (χ1n) is 5.92. The molecule has 110 valence electrons. The number of rotatable bonds is 8. The second-order valence-corrected chi connectivity index (χ2v) is 4.42. The van der Waals surface area contributed by atoms with Crippen LogP contribution in [0.3, 0.4) is 0 Å². The predicted molar refractivity (Wildman–Crippen MR) is 73.0 cm³/mol. The van der Waals surface area contributed by atoms with E-state index in [-0.39, 0.29) is 19.6 Å². The number of halogens is 1. The highest BCUT2D eigenvalue weighted by molar-refractivity contribution is 6.30. The minimum absolute atomic E-state index is 0.189. The maximum Gasteiger partial charge on any atom is 0.326 e. The van der Waals surface area contributed by atoms with Crippen LogP contribution in [0, 0.1) is 0 Å². The van der Waals surface area contributed by atoms with E-state index in [0.717, 1.165) is 0 Å². The molecule has 0 aliphatic rings. The molecule has 1 rings (SSSR count). The summed E-state index contributed by atoms with van der Waals surface area (Å²) in [4.78, 5) is 22.5. The van der Waals surface area contributed by atoms with Gasteiger partial charge in [-0.3, -0.25) is 4.79 Å². The average Bonchev–Trinajstić information content (AvgIpc) is 2.41. The van der Waals surface area contributed by atoms with Gasteiger partial charge in [0.2, 0.25) is 0 Å². The van der Waals surface area contributed by atoms with Gasteiger partial charge in [-0.2, -0.15) is 0 Å². The lowest BCUT2D eigenvalue weighted by molar-refractivity contribution is -0.142. The van der Waals surface area contributed by atoms with Crippen LogP contribution in [0.5, 0.6) is 5.75 Å². The van der Waals surface area contributed by atoms with Crippen molar-refractivity contribution in [1.82, 2.24) is 5.32 Å². The SMILES string of the molecule is COCCC(NC(=O)COc1cccc(Cl)c1)C(=O)O. The van der Waals surface area contributed by atoms with Crippen molar-refractivity contribution in [3.63, 3.8) is 0 Å². The summed E-state index contributed by atoms with van der Waals surface area (Å²) in [5.41, 5.74) is 0. The number of carboxylic acids is 1. The van der Waals surface area contributed by atoms with E-state index in [4.69, 9.17) is 26.2 Å². The summed E-state index contributed by atoms with van der Waals surface area (Å²) in [6.45, 7) is -0.0382. The van der Waals surface area contributed by atoms with Gasteiger partial charge in [-0.05, 0) is 18.2 Å². The van der Waals surface area contributed by atoms with Gasteiger partial charge in [-0.15, -0.1) is 0 Å².